The highest BCUT2D eigenvalue weighted by atomic mass is 32.2. The molecule has 5 rings (SSSR count). The molecule has 0 N–H and O–H groups in total. The van der Waals surface area contributed by atoms with Crippen molar-refractivity contribution in [3.8, 4) is 10.8 Å². The second-order valence-corrected chi connectivity index (χ2v) is 10.3. The van der Waals surface area contributed by atoms with Crippen LogP contribution in [0.5, 0.6) is 0 Å². The number of sulfonamides is 1. The van der Waals surface area contributed by atoms with E-state index >= 15 is 0 Å². The number of ether oxygens (including phenoxy) is 1. The number of aromatic nitrogens is 2. The number of fused-ring (bicyclic) bond motifs is 3. The Bertz CT molecular complexity index is 1270. The molecule has 2 aliphatic rings. The Morgan fingerprint density at radius 2 is 2.17 bits per heavy atom. The number of rotatable bonds is 4. The van der Waals surface area contributed by atoms with Crippen LogP contribution in [0, 0.1) is 0 Å². The Morgan fingerprint density at radius 3 is 2.97 bits per heavy atom. The second-order valence-electron chi connectivity index (χ2n) is 6.57. The van der Waals surface area contributed by atoms with Gasteiger partial charge in [0, 0.05) is 11.4 Å². The lowest BCUT2D eigenvalue weighted by Gasteiger charge is -2.22. The van der Waals surface area contributed by atoms with Crippen molar-refractivity contribution in [2.45, 2.75) is 17.9 Å². The van der Waals surface area contributed by atoms with Gasteiger partial charge in [0.25, 0.3) is 21.8 Å². The number of thioether (sulfide) groups is 1. The zero-order valence-electron chi connectivity index (χ0n) is 15.5. The molecule has 2 aliphatic heterocycles. The van der Waals surface area contributed by atoms with Gasteiger partial charge in [-0.25, -0.2) is 13.2 Å². The van der Waals surface area contributed by atoms with Crippen molar-refractivity contribution in [3.63, 3.8) is 0 Å². The first-order valence-corrected chi connectivity index (χ1v) is 12.2. The molecule has 0 amide bonds. The monoisotopic (exact) mass is 462 g/mol. The van der Waals surface area contributed by atoms with Crippen LogP contribution in [0.15, 0.2) is 49.4 Å². The van der Waals surface area contributed by atoms with Gasteiger partial charge in [-0.2, -0.15) is 0 Å². The van der Waals surface area contributed by atoms with Crippen LogP contribution in [0.2, 0.25) is 0 Å². The summed E-state index contributed by atoms with van der Waals surface area (Å²) in [4.78, 5) is 16.1. The summed E-state index contributed by atoms with van der Waals surface area (Å²) in [6.07, 6.45) is -0.722. The fraction of sp³-hybridized carbons (Fsp3) is 0.222. The predicted octanol–water partition coefficient (Wildman–Crippen LogP) is 3.33. The fourth-order valence-electron chi connectivity index (χ4n) is 3.04. The van der Waals surface area contributed by atoms with Gasteiger partial charge in [0.05, 0.1) is 21.9 Å². The average molecular weight is 463 g/mol. The van der Waals surface area contributed by atoms with Crippen LogP contribution in [0.1, 0.15) is 29.3 Å². The molecule has 30 heavy (non-hydrogen) atoms. The lowest BCUT2D eigenvalue weighted by molar-refractivity contribution is 0.0279. The van der Waals surface area contributed by atoms with E-state index in [1.807, 2.05) is 22.4 Å². The molecular weight excluding hydrogens is 448 g/mol. The van der Waals surface area contributed by atoms with E-state index in [2.05, 4.69) is 14.6 Å². The summed E-state index contributed by atoms with van der Waals surface area (Å²) in [6, 6.07) is 8.83. The molecule has 0 saturated heterocycles. The molecule has 2 aromatic heterocycles. The Kier molecular flexibility index (Phi) is 4.64. The van der Waals surface area contributed by atoms with Gasteiger partial charge in [-0.15, -0.1) is 25.9 Å². The van der Waals surface area contributed by atoms with Crippen molar-refractivity contribution in [2.75, 3.05) is 17.2 Å². The zero-order chi connectivity index (χ0) is 20.9. The normalized spacial score (nSPS) is 17.8. The lowest BCUT2D eigenvalue weighted by atomic mass is 10.2. The van der Waals surface area contributed by atoms with Gasteiger partial charge in [0.2, 0.25) is 0 Å². The van der Waals surface area contributed by atoms with Crippen molar-refractivity contribution >= 4 is 49.9 Å². The van der Waals surface area contributed by atoms with Crippen LogP contribution in [-0.4, -0.2) is 42.0 Å². The maximum Gasteiger partial charge on any atom is 0.338 e. The number of thiophene rings is 1. The Labute approximate surface area is 179 Å². The number of amidine groups is 1. The SMILES string of the molecule is C[C@@H](OC(=O)c1ccc2c(c1)SC1=NS(=O)(=O)CCN12)c1nnc(-c2cccs2)o1. The van der Waals surface area contributed by atoms with E-state index in [1.54, 1.807) is 25.1 Å². The van der Waals surface area contributed by atoms with Gasteiger partial charge >= 0.3 is 5.97 Å². The molecule has 4 heterocycles. The first kappa shape index (κ1) is 19.3. The van der Waals surface area contributed by atoms with E-state index in [1.165, 1.54) is 23.1 Å². The van der Waals surface area contributed by atoms with Crippen LogP contribution in [0.4, 0.5) is 5.69 Å². The van der Waals surface area contributed by atoms with E-state index in [4.69, 9.17) is 9.15 Å². The first-order valence-electron chi connectivity index (χ1n) is 8.90. The maximum absolute atomic E-state index is 12.6. The van der Waals surface area contributed by atoms with Gasteiger partial charge in [-0.1, -0.05) is 6.07 Å². The summed E-state index contributed by atoms with van der Waals surface area (Å²) in [5, 5.41) is 10.3. The summed E-state index contributed by atoms with van der Waals surface area (Å²) in [6.45, 7) is 2.00. The van der Waals surface area contributed by atoms with Crippen molar-refractivity contribution in [1.82, 2.24) is 10.2 Å². The van der Waals surface area contributed by atoms with Gasteiger partial charge in [-0.3, -0.25) is 0 Å². The second kappa shape index (κ2) is 7.22. The first-order chi connectivity index (χ1) is 14.4. The highest BCUT2D eigenvalue weighted by Crippen LogP contribution is 2.42. The topological polar surface area (TPSA) is 115 Å². The molecule has 12 heteroatoms. The number of hydrogen-bond donors (Lipinski definition) is 0. The molecule has 3 aromatic rings. The van der Waals surface area contributed by atoms with Crippen LogP contribution >= 0.6 is 23.1 Å². The van der Waals surface area contributed by atoms with Crippen LogP contribution in [0.3, 0.4) is 0 Å². The quantitative estimate of drug-likeness (QED) is 0.538. The number of benzene rings is 1. The third kappa shape index (κ3) is 3.50. The minimum atomic E-state index is -3.43. The highest BCUT2D eigenvalue weighted by molar-refractivity contribution is 8.15. The number of esters is 1. The van der Waals surface area contributed by atoms with Gasteiger partial charge in [0.15, 0.2) is 11.3 Å². The van der Waals surface area contributed by atoms with Crippen molar-refractivity contribution in [2.24, 2.45) is 4.40 Å². The molecule has 0 aliphatic carbocycles. The minimum absolute atomic E-state index is 0.0323. The lowest BCUT2D eigenvalue weighted by Crippen LogP contribution is -2.35. The van der Waals surface area contributed by atoms with Crippen molar-refractivity contribution < 1.29 is 22.4 Å². The van der Waals surface area contributed by atoms with E-state index < -0.39 is 22.1 Å². The number of anilines is 1. The minimum Gasteiger partial charge on any atom is -0.449 e. The molecule has 0 radical (unpaired) electrons. The predicted molar refractivity (Wildman–Crippen MR) is 112 cm³/mol. The van der Waals surface area contributed by atoms with Crippen LogP contribution in [0.25, 0.3) is 10.8 Å². The summed E-state index contributed by atoms with van der Waals surface area (Å²) >= 11 is 2.69. The van der Waals surface area contributed by atoms with Gasteiger partial charge in [0.1, 0.15) is 0 Å². The number of carbonyl (C=O) groups is 1. The van der Waals surface area contributed by atoms with Crippen molar-refractivity contribution in [3.05, 3.63) is 47.2 Å². The fourth-order valence-corrected chi connectivity index (χ4v) is 5.98. The molecule has 154 valence electrons. The highest BCUT2D eigenvalue weighted by Gasteiger charge is 2.33. The Balaban J connectivity index is 1.32. The molecule has 1 atom stereocenters. The summed E-state index contributed by atoms with van der Waals surface area (Å²) in [5.41, 5.74) is 1.17. The molecule has 0 saturated carbocycles. The zero-order valence-corrected chi connectivity index (χ0v) is 18.0. The summed E-state index contributed by atoms with van der Waals surface area (Å²) in [5.74, 6) is 0.0134. The number of nitrogens with zero attached hydrogens (tertiary/aromatic N) is 4. The summed E-state index contributed by atoms with van der Waals surface area (Å²) in [7, 11) is -3.43. The van der Waals surface area contributed by atoms with E-state index in [9.17, 15) is 13.2 Å². The molecule has 0 spiro atoms. The Morgan fingerprint density at radius 1 is 1.30 bits per heavy atom. The van der Waals surface area contributed by atoms with Gasteiger partial charge < -0.3 is 14.1 Å². The number of hydrogen-bond acceptors (Lipinski definition) is 10. The summed E-state index contributed by atoms with van der Waals surface area (Å²) < 4.78 is 38.4. The third-order valence-electron chi connectivity index (χ3n) is 4.51. The van der Waals surface area contributed by atoms with E-state index in [-0.39, 0.29) is 11.6 Å². The molecule has 0 bridgehead atoms. The number of carbonyl (C=O) groups excluding carboxylic acids is 1. The average Bonchev–Trinajstić information content (AvgIpc) is 3.44. The third-order valence-corrected chi connectivity index (χ3v) is 7.68. The largest absolute Gasteiger partial charge is 0.449 e. The van der Waals surface area contributed by atoms with E-state index in [0.29, 0.717) is 23.2 Å². The smallest absolute Gasteiger partial charge is 0.338 e. The standard InChI is InChI=1S/C18H14N4O5S3/c1-10(15-19-20-16(27-15)13-3-2-7-28-13)26-17(23)11-4-5-12-14(9-11)29-18-21-30(24,25)8-6-22(12)18/h2-5,7,9-10H,6,8H2,1H3/t10-/m1/s1. The Hall–Kier alpha value is -2.70. The molecule has 9 nitrogen and oxygen atoms in total. The van der Waals surface area contributed by atoms with Crippen molar-refractivity contribution in [1.29, 1.82) is 0 Å². The maximum atomic E-state index is 12.6. The molecule has 0 unspecified atom stereocenters. The molecule has 1 aromatic carbocycles. The molecular formula is C18H14N4O5S3. The van der Waals surface area contributed by atoms with Gasteiger partial charge in [-0.05, 0) is 48.3 Å². The van der Waals surface area contributed by atoms with Crippen LogP contribution in [-0.2, 0) is 14.8 Å². The van der Waals surface area contributed by atoms with Crippen LogP contribution < -0.4 is 4.90 Å². The van der Waals surface area contributed by atoms with E-state index in [0.717, 1.165) is 15.5 Å². The molecule has 0 fully saturated rings.